The number of aromatic amines is 1. The minimum atomic E-state index is -1.49. The Morgan fingerprint density at radius 3 is 2.66 bits per heavy atom. The van der Waals surface area contributed by atoms with E-state index in [4.69, 9.17) is 14.6 Å². The SMILES string of the molecule is CC(C)(C[C@H](Cc1cccc(-c2cn[nH]c2)n1)c1ccccc1-c1noc2ccccc12)S(N)=O. The van der Waals surface area contributed by atoms with Crippen LogP contribution in [-0.4, -0.2) is 29.3 Å². The molecule has 5 aromatic rings. The first-order chi connectivity index (χ1) is 16.9. The summed E-state index contributed by atoms with van der Waals surface area (Å²) >= 11 is 0. The fourth-order valence-corrected chi connectivity index (χ4v) is 4.88. The van der Waals surface area contributed by atoms with Gasteiger partial charge in [0.1, 0.15) is 5.69 Å². The Hall–Kier alpha value is -3.62. The molecule has 0 amide bonds. The number of hydrogen-bond donors (Lipinski definition) is 2. The number of nitrogens with two attached hydrogens (primary N) is 1. The molecule has 0 spiro atoms. The number of H-pyrrole nitrogens is 1. The molecule has 0 saturated carbocycles. The maximum Gasteiger partial charge on any atom is 0.167 e. The maximum atomic E-state index is 12.4. The van der Waals surface area contributed by atoms with Gasteiger partial charge in [-0.05, 0) is 62.4 Å². The van der Waals surface area contributed by atoms with Gasteiger partial charge < -0.3 is 4.52 Å². The van der Waals surface area contributed by atoms with E-state index in [1.54, 1.807) is 6.20 Å². The number of hydrogen-bond acceptors (Lipinski definition) is 5. The third-order valence-corrected chi connectivity index (χ3v) is 7.63. The Bertz CT molecular complexity index is 1480. The van der Waals surface area contributed by atoms with E-state index >= 15 is 0 Å². The van der Waals surface area contributed by atoms with Crippen molar-refractivity contribution in [3.8, 4) is 22.5 Å². The lowest BCUT2D eigenvalue weighted by Crippen LogP contribution is -2.34. The second-order valence-corrected chi connectivity index (χ2v) is 11.0. The largest absolute Gasteiger partial charge is 0.356 e. The van der Waals surface area contributed by atoms with Gasteiger partial charge in [0.25, 0.3) is 0 Å². The highest BCUT2D eigenvalue weighted by Crippen LogP contribution is 2.39. The first-order valence-electron chi connectivity index (χ1n) is 11.5. The molecule has 0 aliphatic carbocycles. The zero-order valence-electron chi connectivity index (χ0n) is 19.6. The van der Waals surface area contributed by atoms with Crippen molar-refractivity contribution in [2.24, 2.45) is 5.14 Å². The van der Waals surface area contributed by atoms with Crippen LogP contribution < -0.4 is 5.14 Å². The number of benzene rings is 2. The molecule has 7 nitrogen and oxygen atoms in total. The van der Waals surface area contributed by atoms with E-state index < -0.39 is 15.7 Å². The van der Waals surface area contributed by atoms with Crippen LogP contribution in [0.25, 0.3) is 33.5 Å². The summed E-state index contributed by atoms with van der Waals surface area (Å²) in [6, 6.07) is 22.0. The standard InChI is InChI=1S/C27H27N5O2S/c1-27(2,35(28)33)15-18(14-20-8-7-12-24(31-20)19-16-29-30-17-19)21-9-3-4-10-22(21)26-23-11-5-6-13-25(23)34-32-26/h3-13,16-18H,14-15,28H2,1-2H3,(H,29,30)/t18-,35?/m0/s1. The van der Waals surface area contributed by atoms with Gasteiger partial charge in [-0.25, -0.2) is 4.21 Å². The van der Waals surface area contributed by atoms with Crippen LogP contribution in [0.3, 0.4) is 0 Å². The lowest BCUT2D eigenvalue weighted by atomic mass is 9.83. The molecule has 0 aliphatic rings. The quantitative estimate of drug-likeness (QED) is 0.306. The third-order valence-electron chi connectivity index (χ3n) is 6.37. The number of para-hydroxylation sites is 1. The summed E-state index contributed by atoms with van der Waals surface area (Å²) in [5.41, 5.74) is 6.35. The topological polar surface area (TPSA) is 111 Å². The van der Waals surface area contributed by atoms with Crippen LogP contribution >= 0.6 is 0 Å². The normalized spacial score (nSPS) is 13.7. The van der Waals surface area contributed by atoms with Crippen LogP contribution in [-0.2, 0) is 17.4 Å². The smallest absolute Gasteiger partial charge is 0.167 e. The van der Waals surface area contributed by atoms with E-state index in [-0.39, 0.29) is 5.92 Å². The average Bonchev–Trinajstić information content (AvgIpc) is 3.54. The molecular weight excluding hydrogens is 458 g/mol. The molecule has 3 N–H and O–H groups in total. The molecule has 0 saturated heterocycles. The van der Waals surface area contributed by atoms with Crippen molar-refractivity contribution in [1.29, 1.82) is 0 Å². The van der Waals surface area contributed by atoms with E-state index in [2.05, 4.69) is 27.5 Å². The van der Waals surface area contributed by atoms with Gasteiger partial charge in [-0.1, -0.05) is 47.6 Å². The highest BCUT2D eigenvalue weighted by Gasteiger charge is 2.31. The van der Waals surface area contributed by atoms with Crippen molar-refractivity contribution in [3.05, 3.63) is 90.4 Å². The van der Waals surface area contributed by atoms with Gasteiger partial charge in [-0.2, -0.15) is 5.10 Å². The lowest BCUT2D eigenvalue weighted by Gasteiger charge is -2.29. The van der Waals surface area contributed by atoms with E-state index in [0.717, 1.165) is 44.7 Å². The zero-order chi connectivity index (χ0) is 24.4. The molecule has 35 heavy (non-hydrogen) atoms. The fourth-order valence-electron chi connectivity index (χ4n) is 4.51. The Morgan fingerprint density at radius 1 is 1.06 bits per heavy atom. The molecule has 2 aromatic carbocycles. The van der Waals surface area contributed by atoms with Crippen molar-refractivity contribution < 1.29 is 8.73 Å². The predicted molar refractivity (Wildman–Crippen MR) is 139 cm³/mol. The molecule has 5 rings (SSSR count). The van der Waals surface area contributed by atoms with Gasteiger partial charge in [0.15, 0.2) is 5.58 Å². The zero-order valence-corrected chi connectivity index (χ0v) is 20.5. The molecule has 0 aliphatic heterocycles. The van der Waals surface area contributed by atoms with E-state index in [1.807, 2.05) is 74.6 Å². The van der Waals surface area contributed by atoms with Gasteiger partial charge in [-0.15, -0.1) is 0 Å². The van der Waals surface area contributed by atoms with Crippen LogP contribution in [0, 0.1) is 0 Å². The minimum Gasteiger partial charge on any atom is -0.356 e. The number of rotatable bonds is 8. The summed E-state index contributed by atoms with van der Waals surface area (Å²) in [4.78, 5) is 4.90. The van der Waals surface area contributed by atoms with Gasteiger partial charge >= 0.3 is 0 Å². The van der Waals surface area contributed by atoms with Crippen molar-refractivity contribution in [3.63, 3.8) is 0 Å². The lowest BCUT2D eigenvalue weighted by molar-refractivity contribution is 0.459. The van der Waals surface area contributed by atoms with E-state index in [1.165, 1.54) is 0 Å². The molecule has 0 radical (unpaired) electrons. The Kier molecular flexibility index (Phi) is 6.32. The Balaban J connectivity index is 1.59. The molecule has 178 valence electrons. The van der Waals surface area contributed by atoms with Crippen LogP contribution in [0.4, 0.5) is 0 Å². The van der Waals surface area contributed by atoms with Crippen molar-refractivity contribution in [2.75, 3.05) is 0 Å². The minimum absolute atomic E-state index is 0.00346. The van der Waals surface area contributed by atoms with Gasteiger partial charge in [0.2, 0.25) is 0 Å². The Morgan fingerprint density at radius 2 is 1.86 bits per heavy atom. The van der Waals surface area contributed by atoms with Crippen molar-refractivity contribution in [2.45, 2.75) is 37.4 Å². The first-order valence-corrected chi connectivity index (χ1v) is 12.7. The monoisotopic (exact) mass is 485 g/mol. The first kappa shape index (κ1) is 23.1. The number of nitrogens with one attached hydrogen (secondary N) is 1. The van der Waals surface area contributed by atoms with Crippen LogP contribution in [0.5, 0.6) is 0 Å². The van der Waals surface area contributed by atoms with Crippen molar-refractivity contribution >= 4 is 22.0 Å². The summed E-state index contributed by atoms with van der Waals surface area (Å²) < 4.78 is 17.4. The molecule has 3 heterocycles. The number of fused-ring (bicyclic) bond motifs is 1. The van der Waals surface area contributed by atoms with Crippen molar-refractivity contribution in [1.82, 2.24) is 20.3 Å². The number of nitrogens with zero attached hydrogens (tertiary/aromatic N) is 3. The molecule has 0 fully saturated rings. The molecule has 0 bridgehead atoms. The Labute approximate surface area is 206 Å². The second-order valence-electron chi connectivity index (χ2n) is 9.28. The second kappa shape index (κ2) is 9.56. The third kappa shape index (κ3) is 4.80. The number of aromatic nitrogens is 4. The van der Waals surface area contributed by atoms with Gasteiger partial charge in [-0.3, -0.25) is 15.2 Å². The molecule has 3 aromatic heterocycles. The predicted octanol–water partition coefficient (Wildman–Crippen LogP) is 5.40. The highest BCUT2D eigenvalue weighted by molar-refractivity contribution is 7.84. The summed E-state index contributed by atoms with van der Waals surface area (Å²) in [5, 5.41) is 18.2. The van der Waals surface area contributed by atoms with E-state index in [9.17, 15) is 4.21 Å². The summed E-state index contributed by atoms with van der Waals surface area (Å²) in [6.45, 7) is 3.89. The molecular formula is C27H27N5O2S. The van der Waals surface area contributed by atoms with Gasteiger partial charge in [0, 0.05) is 28.4 Å². The summed E-state index contributed by atoms with van der Waals surface area (Å²) in [7, 11) is -1.49. The number of pyridine rings is 1. The van der Waals surface area contributed by atoms with E-state index in [0.29, 0.717) is 12.8 Å². The molecule has 8 heteroatoms. The molecule has 2 atom stereocenters. The maximum absolute atomic E-state index is 12.4. The highest BCUT2D eigenvalue weighted by atomic mass is 32.2. The molecule has 1 unspecified atom stereocenters. The van der Waals surface area contributed by atoms with Crippen LogP contribution in [0.2, 0.25) is 0 Å². The average molecular weight is 486 g/mol. The van der Waals surface area contributed by atoms with Crippen LogP contribution in [0.1, 0.15) is 37.4 Å². The summed E-state index contributed by atoms with van der Waals surface area (Å²) in [5.74, 6) is -0.00346. The van der Waals surface area contributed by atoms with Crippen LogP contribution in [0.15, 0.2) is 83.6 Å². The van der Waals surface area contributed by atoms with Gasteiger partial charge in [0.05, 0.1) is 27.6 Å². The fraction of sp³-hybridized carbons (Fsp3) is 0.222. The summed E-state index contributed by atoms with van der Waals surface area (Å²) in [6.07, 6.45) is 4.85.